The number of nitrogens with two attached hydrogens (primary N) is 2. The van der Waals surface area contributed by atoms with Crippen molar-refractivity contribution in [2.45, 2.75) is 30.6 Å². The number of imidazole rings is 1. The van der Waals surface area contributed by atoms with Crippen molar-refractivity contribution >= 4 is 43.5 Å². The van der Waals surface area contributed by atoms with E-state index in [9.17, 15) is 24.4 Å². The zero-order chi connectivity index (χ0) is 27.9. The highest BCUT2D eigenvalue weighted by Crippen LogP contribution is 2.38. The summed E-state index contributed by atoms with van der Waals surface area (Å²) in [5, 5.41) is 36.4. The van der Waals surface area contributed by atoms with Gasteiger partial charge in [-0.3, -0.25) is 23.7 Å². The number of aliphatic carboxylic acids is 1. The Morgan fingerprint density at radius 3 is 2.49 bits per heavy atom. The predicted octanol–water partition coefficient (Wildman–Crippen LogP) is -2.26. The second-order valence-electron chi connectivity index (χ2n) is 7.19. The van der Waals surface area contributed by atoms with Crippen LogP contribution in [0.3, 0.4) is 0 Å². The first kappa shape index (κ1) is 30.2. The molecule has 4 heterocycles. The van der Waals surface area contributed by atoms with E-state index in [4.69, 9.17) is 36.2 Å². The molecule has 0 saturated carbocycles. The molecule has 0 aromatic carbocycles. The van der Waals surface area contributed by atoms with Crippen LogP contribution >= 0.6 is 20.5 Å². The van der Waals surface area contributed by atoms with Gasteiger partial charge in [0.05, 0.1) is 19.2 Å². The molecule has 18 nitrogen and oxygen atoms in total. The normalized spacial score (nSPS) is 22.0. The van der Waals surface area contributed by atoms with Crippen molar-refractivity contribution < 1.29 is 53.3 Å². The Hall–Kier alpha value is -3.00. The number of nitrogens with zero attached hydrogens (tertiary/aromatic N) is 3. The second kappa shape index (κ2) is 13.0. The van der Waals surface area contributed by atoms with Crippen molar-refractivity contribution in [3.63, 3.8) is 0 Å². The van der Waals surface area contributed by atoms with E-state index in [1.165, 1.54) is 23.2 Å². The standard InChI is InChI=1S/C10H14N5O8P.C4H4O2.C3H7NO2S/c11-10-13-7-4(8(18)14-10)12-2-15(7)9-6(17)5(16)3(23-9)1-22-24(19,20)21;5-4-2-1-3-6-4;4-2(1-7)3(5)6/h2-3,5-6,9,16-17H,1H2,(H2,19,20,21)(H3,11,13,14,18);1-3,5H;2,7H,1,4H2,(H,5,6)/t3-,5-,6-,9-;;/m1../s1. The molecule has 1 unspecified atom stereocenters. The molecule has 3 aromatic rings. The molecule has 0 spiro atoms. The van der Waals surface area contributed by atoms with Crippen molar-refractivity contribution in [1.29, 1.82) is 0 Å². The number of ether oxygens (including phenoxy) is 1. The second-order valence-corrected chi connectivity index (χ2v) is 8.79. The molecule has 0 radical (unpaired) electrons. The van der Waals surface area contributed by atoms with Gasteiger partial charge in [0.15, 0.2) is 17.4 Å². The first-order valence-corrected chi connectivity index (χ1v) is 12.2. The largest absolute Gasteiger partial charge is 0.481 e. The van der Waals surface area contributed by atoms with E-state index in [2.05, 4.69) is 36.5 Å². The van der Waals surface area contributed by atoms with Crippen molar-refractivity contribution in [3.05, 3.63) is 35.1 Å². The van der Waals surface area contributed by atoms with Crippen LogP contribution in [0, 0.1) is 0 Å². The summed E-state index contributed by atoms with van der Waals surface area (Å²) in [5.74, 6) is -1.02. The number of hydrogen-bond donors (Lipinski definition) is 10. The van der Waals surface area contributed by atoms with Crippen LogP contribution in [0.15, 0.2) is 33.9 Å². The van der Waals surface area contributed by atoms with E-state index in [1.54, 1.807) is 6.07 Å². The molecule has 0 amide bonds. The van der Waals surface area contributed by atoms with Crippen LogP contribution in [0.2, 0.25) is 0 Å². The van der Waals surface area contributed by atoms with Gasteiger partial charge >= 0.3 is 13.8 Å². The number of fused-ring (bicyclic) bond motifs is 1. The number of furan rings is 1. The highest BCUT2D eigenvalue weighted by Gasteiger charge is 2.45. The third-order valence-corrected chi connectivity index (χ3v) is 5.37. The fourth-order valence-electron chi connectivity index (χ4n) is 2.74. The number of carboxylic acid groups (broad SMARTS) is 1. The number of aromatic amines is 1. The summed E-state index contributed by atoms with van der Waals surface area (Å²) < 4.78 is 26.0. The van der Waals surface area contributed by atoms with Crippen LogP contribution in [0.1, 0.15) is 6.23 Å². The van der Waals surface area contributed by atoms with Gasteiger partial charge in [-0.1, -0.05) is 0 Å². The first-order chi connectivity index (χ1) is 17.2. The van der Waals surface area contributed by atoms with Gasteiger partial charge in [-0.05, 0) is 6.07 Å². The maximum Gasteiger partial charge on any atom is 0.469 e. The van der Waals surface area contributed by atoms with Gasteiger partial charge in [-0.15, -0.1) is 0 Å². The van der Waals surface area contributed by atoms with Crippen molar-refractivity contribution in [1.82, 2.24) is 19.5 Å². The molecule has 0 aliphatic carbocycles. The number of carbonyl (C=O) groups is 1. The lowest BCUT2D eigenvalue weighted by molar-refractivity contribution is -0.137. The molecular weight excluding hydrogens is 543 g/mol. The number of phosphoric ester groups is 1. The number of hydrogen-bond acceptors (Lipinski definition) is 14. The van der Waals surface area contributed by atoms with Gasteiger partial charge in [-0.2, -0.15) is 17.6 Å². The highest BCUT2D eigenvalue weighted by atomic mass is 32.1. The molecule has 3 aromatic heterocycles. The minimum atomic E-state index is -4.76. The lowest BCUT2D eigenvalue weighted by Crippen LogP contribution is -2.33. The Labute approximate surface area is 212 Å². The molecular formula is C17H25N6O12PS. The Balaban J connectivity index is 0.000000303. The first-order valence-electron chi connectivity index (χ1n) is 10.0. The Kier molecular flexibility index (Phi) is 10.6. The number of nitrogens with one attached hydrogen (secondary N) is 1. The van der Waals surface area contributed by atoms with Gasteiger partial charge in [0, 0.05) is 11.8 Å². The predicted molar refractivity (Wildman–Crippen MR) is 126 cm³/mol. The number of aromatic hydroxyl groups is 1. The molecule has 5 atom stereocenters. The average molecular weight is 568 g/mol. The molecule has 1 saturated heterocycles. The van der Waals surface area contributed by atoms with Crippen molar-refractivity contribution in [2.75, 3.05) is 18.1 Å². The van der Waals surface area contributed by atoms with E-state index < -0.39 is 56.5 Å². The number of thiol groups is 1. The SMILES string of the molecule is NC(CS)C(=O)O.Nc1nc2c(ncn2[C@@H]2O[C@H](COP(=O)(O)O)[C@@H](O)[C@H]2O)c(=O)[nH]1.Oc1ccco1. The number of carboxylic acids is 1. The molecule has 206 valence electrons. The van der Waals surface area contributed by atoms with Gasteiger partial charge < -0.3 is 50.8 Å². The third kappa shape index (κ3) is 8.52. The quantitative estimate of drug-likeness (QED) is 0.111. The van der Waals surface area contributed by atoms with E-state index in [0.29, 0.717) is 0 Å². The van der Waals surface area contributed by atoms with Crippen LogP contribution in [-0.4, -0.2) is 92.4 Å². The molecule has 1 aliphatic heterocycles. The Morgan fingerprint density at radius 2 is 2.03 bits per heavy atom. The monoisotopic (exact) mass is 568 g/mol. The zero-order valence-corrected chi connectivity index (χ0v) is 20.4. The van der Waals surface area contributed by atoms with Crippen molar-refractivity contribution in [3.8, 4) is 5.95 Å². The topological polar surface area (TPSA) is 303 Å². The van der Waals surface area contributed by atoms with E-state index in [1.807, 2.05) is 0 Å². The molecule has 37 heavy (non-hydrogen) atoms. The average Bonchev–Trinajstić information content (AvgIpc) is 3.53. The summed E-state index contributed by atoms with van der Waals surface area (Å²) in [6.45, 7) is -0.651. The molecule has 4 rings (SSSR count). The minimum Gasteiger partial charge on any atom is -0.481 e. The molecule has 1 aliphatic rings. The summed E-state index contributed by atoms with van der Waals surface area (Å²) in [4.78, 5) is 48.9. The summed E-state index contributed by atoms with van der Waals surface area (Å²) in [7, 11) is -4.76. The maximum atomic E-state index is 11.7. The van der Waals surface area contributed by atoms with Gasteiger partial charge in [0.25, 0.3) is 11.5 Å². The summed E-state index contributed by atoms with van der Waals surface area (Å²) in [6, 6.07) is 2.28. The number of phosphoric acid groups is 1. The van der Waals surface area contributed by atoms with Crippen LogP contribution in [0.4, 0.5) is 5.95 Å². The number of aromatic nitrogens is 4. The molecule has 11 N–H and O–H groups in total. The van der Waals surface area contributed by atoms with Crippen LogP contribution in [0.25, 0.3) is 11.2 Å². The molecule has 0 bridgehead atoms. The lowest BCUT2D eigenvalue weighted by atomic mass is 10.1. The smallest absolute Gasteiger partial charge is 0.469 e. The fraction of sp³-hybridized carbons (Fsp3) is 0.412. The summed E-state index contributed by atoms with van der Waals surface area (Å²) >= 11 is 3.65. The fourth-order valence-corrected chi connectivity index (χ4v) is 3.24. The highest BCUT2D eigenvalue weighted by molar-refractivity contribution is 7.80. The molecule has 20 heteroatoms. The lowest BCUT2D eigenvalue weighted by Gasteiger charge is -2.16. The molecule has 1 fully saturated rings. The Morgan fingerprint density at radius 1 is 1.35 bits per heavy atom. The van der Waals surface area contributed by atoms with Gasteiger partial charge in [0.2, 0.25) is 5.95 Å². The number of rotatable bonds is 6. The third-order valence-electron chi connectivity index (χ3n) is 4.49. The maximum absolute atomic E-state index is 11.7. The van der Waals surface area contributed by atoms with E-state index in [-0.39, 0.29) is 28.8 Å². The van der Waals surface area contributed by atoms with Crippen molar-refractivity contribution in [2.24, 2.45) is 5.73 Å². The van der Waals surface area contributed by atoms with E-state index >= 15 is 0 Å². The summed E-state index contributed by atoms with van der Waals surface area (Å²) in [6.07, 6.45) is -2.80. The van der Waals surface area contributed by atoms with Crippen LogP contribution < -0.4 is 17.0 Å². The zero-order valence-electron chi connectivity index (χ0n) is 18.6. The number of nitrogen functional groups attached to an aromatic ring is 1. The van der Waals surface area contributed by atoms with Gasteiger partial charge in [0.1, 0.15) is 24.4 Å². The number of anilines is 1. The van der Waals surface area contributed by atoms with Crippen LogP contribution in [-0.2, 0) is 18.6 Å². The van der Waals surface area contributed by atoms with Crippen LogP contribution in [0.5, 0.6) is 5.95 Å². The number of aliphatic hydroxyl groups is 2. The number of H-pyrrole nitrogens is 1. The van der Waals surface area contributed by atoms with E-state index in [0.717, 1.165) is 0 Å². The summed E-state index contributed by atoms with van der Waals surface area (Å²) in [5.41, 5.74) is 9.78. The Bertz CT molecular complexity index is 1260. The minimum absolute atomic E-state index is 0.0176. The number of aliphatic hydroxyl groups excluding tert-OH is 2. The van der Waals surface area contributed by atoms with Gasteiger partial charge in [-0.25, -0.2) is 9.55 Å².